The number of carbonyl (C=O) groups excluding carboxylic acids is 2. The lowest BCUT2D eigenvalue weighted by Crippen LogP contribution is -2.49. The van der Waals surface area contributed by atoms with Crippen LogP contribution in [0.1, 0.15) is 41.3 Å². The first-order valence-electron chi connectivity index (χ1n) is 9.72. The molecule has 30 heavy (non-hydrogen) atoms. The lowest BCUT2D eigenvalue weighted by Gasteiger charge is -2.13. The van der Waals surface area contributed by atoms with Gasteiger partial charge in [0.25, 0.3) is 11.8 Å². The smallest absolute Gasteiger partial charge is 0.276 e. The second kappa shape index (κ2) is 11.8. The first-order chi connectivity index (χ1) is 14.4. The molecule has 0 heterocycles. The number of amides is 2. The van der Waals surface area contributed by atoms with Crippen molar-refractivity contribution in [2.75, 3.05) is 13.2 Å². The predicted octanol–water partition coefficient (Wildman–Crippen LogP) is 3.20. The van der Waals surface area contributed by atoms with Gasteiger partial charge in [-0.1, -0.05) is 31.5 Å². The summed E-state index contributed by atoms with van der Waals surface area (Å²) >= 11 is 5.07. The van der Waals surface area contributed by atoms with Crippen LogP contribution in [0.4, 0.5) is 0 Å². The topological polar surface area (TPSA) is 88.7 Å². The molecule has 7 nitrogen and oxygen atoms in total. The normalized spacial score (nSPS) is 10.1. The Kier molecular flexibility index (Phi) is 9.08. The SMILES string of the molecule is CCCCOc1ccccc1C(=O)NC(=S)NNC(=O)COc1cc(C)cc(C)c1. The molecule has 2 amide bonds. The number of unbranched alkanes of at least 4 members (excludes halogenated alkanes) is 1. The number of benzene rings is 2. The molecule has 2 aromatic carbocycles. The summed E-state index contributed by atoms with van der Waals surface area (Å²) in [4.78, 5) is 24.4. The van der Waals surface area contributed by atoms with E-state index < -0.39 is 11.8 Å². The van der Waals surface area contributed by atoms with Crippen LogP contribution in [0.2, 0.25) is 0 Å². The molecule has 2 rings (SSSR count). The van der Waals surface area contributed by atoms with Crippen molar-refractivity contribution in [3.05, 3.63) is 59.2 Å². The summed E-state index contributed by atoms with van der Waals surface area (Å²) in [6.45, 7) is 6.30. The molecule has 0 aromatic heterocycles. The maximum atomic E-state index is 12.5. The van der Waals surface area contributed by atoms with Gasteiger partial charge >= 0.3 is 0 Å². The maximum absolute atomic E-state index is 12.5. The van der Waals surface area contributed by atoms with E-state index in [1.807, 2.05) is 32.0 Å². The number of rotatable bonds is 8. The zero-order chi connectivity index (χ0) is 21.9. The highest BCUT2D eigenvalue weighted by Crippen LogP contribution is 2.18. The van der Waals surface area contributed by atoms with E-state index in [-0.39, 0.29) is 11.7 Å². The molecule has 8 heteroatoms. The fourth-order valence-corrected chi connectivity index (χ4v) is 2.78. The van der Waals surface area contributed by atoms with Crippen molar-refractivity contribution in [1.29, 1.82) is 0 Å². The molecule has 0 aliphatic heterocycles. The van der Waals surface area contributed by atoms with Crippen molar-refractivity contribution >= 4 is 29.1 Å². The maximum Gasteiger partial charge on any atom is 0.276 e. The van der Waals surface area contributed by atoms with Crippen LogP contribution in [0, 0.1) is 13.8 Å². The Bertz CT molecular complexity index is 881. The predicted molar refractivity (Wildman–Crippen MR) is 120 cm³/mol. The van der Waals surface area contributed by atoms with Gasteiger partial charge in [0.15, 0.2) is 11.7 Å². The van der Waals surface area contributed by atoms with Gasteiger partial charge in [0.2, 0.25) is 0 Å². The Balaban J connectivity index is 1.80. The van der Waals surface area contributed by atoms with E-state index in [9.17, 15) is 9.59 Å². The van der Waals surface area contributed by atoms with Crippen molar-refractivity contribution in [3.8, 4) is 11.5 Å². The van der Waals surface area contributed by atoms with Gasteiger partial charge in [-0.2, -0.15) is 0 Å². The van der Waals surface area contributed by atoms with Crippen LogP contribution < -0.4 is 25.6 Å². The zero-order valence-electron chi connectivity index (χ0n) is 17.4. The average molecular weight is 430 g/mol. The first kappa shape index (κ1) is 23.2. The number of hydrogen-bond acceptors (Lipinski definition) is 5. The first-order valence-corrected chi connectivity index (χ1v) is 10.1. The quantitative estimate of drug-likeness (QED) is 0.339. The van der Waals surface area contributed by atoms with Crippen molar-refractivity contribution in [2.24, 2.45) is 0 Å². The van der Waals surface area contributed by atoms with Gasteiger partial charge in [-0.15, -0.1) is 0 Å². The minimum Gasteiger partial charge on any atom is -0.493 e. The molecule has 2 aromatic rings. The van der Waals surface area contributed by atoms with Crippen LogP contribution in [0.3, 0.4) is 0 Å². The zero-order valence-corrected chi connectivity index (χ0v) is 18.2. The molecule has 0 saturated heterocycles. The molecule has 0 aliphatic rings. The number of nitrogens with one attached hydrogen (secondary N) is 3. The number of aryl methyl sites for hydroxylation is 2. The van der Waals surface area contributed by atoms with Crippen molar-refractivity contribution < 1.29 is 19.1 Å². The summed E-state index contributed by atoms with van der Waals surface area (Å²) in [5, 5.41) is 2.48. The highest BCUT2D eigenvalue weighted by Gasteiger charge is 2.14. The fraction of sp³-hybridized carbons (Fsp3) is 0.318. The van der Waals surface area contributed by atoms with Crippen molar-refractivity contribution in [1.82, 2.24) is 16.2 Å². The molecule has 0 bridgehead atoms. The lowest BCUT2D eigenvalue weighted by atomic mass is 10.1. The molecule has 0 fully saturated rings. The van der Waals surface area contributed by atoms with Crippen LogP contribution in [0.25, 0.3) is 0 Å². The third-order valence-electron chi connectivity index (χ3n) is 3.99. The standard InChI is InChI=1S/C22H27N3O4S/c1-4-5-10-28-19-9-7-6-8-18(19)21(27)23-22(30)25-24-20(26)14-29-17-12-15(2)11-16(3)13-17/h6-9,11-13H,4-5,10,14H2,1-3H3,(H,24,26)(H2,23,25,27,30). The van der Waals surface area contributed by atoms with Gasteiger partial charge in [0.1, 0.15) is 11.5 Å². The summed E-state index contributed by atoms with van der Waals surface area (Å²) in [5.74, 6) is 0.227. The molecule has 0 aliphatic carbocycles. The summed E-state index contributed by atoms with van der Waals surface area (Å²) in [6.07, 6.45) is 1.89. The Labute approximate surface area is 182 Å². The third kappa shape index (κ3) is 7.71. The van der Waals surface area contributed by atoms with Crippen LogP contribution in [0.5, 0.6) is 11.5 Å². The van der Waals surface area contributed by atoms with Gasteiger partial charge in [0, 0.05) is 0 Å². The molecule has 0 unspecified atom stereocenters. The Hall–Kier alpha value is -3.13. The number of thiocarbonyl (C=S) groups is 1. The van der Waals surface area contributed by atoms with E-state index in [0.717, 1.165) is 24.0 Å². The second-order valence-corrected chi connectivity index (χ2v) is 7.17. The fourth-order valence-electron chi connectivity index (χ4n) is 2.64. The summed E-state index contributed by atoms with van der Waals surface area (Å²) in [7, 11) is 0. The Morgan fingerprint density at radius 1 is 1.00 bits per heavy atom. The number of para-hydroxylation sites is 1. The molecular weight excluding hydrogens is 402 g/mol. The van der Waals surface area contributed by atoms with E-state index in [1.165, 1.54) is 0 Å². The Morgan fingerprint density at radius 2 is 1.70 bits per heavy atom. The van der Waals surface area contributed by atoms with Crippen LogP contribution >= 0.6 is 12.2 Å². The highest BCUT2D eigenvalue weighted by molar-refractivity contribution is 7.80. The van der Waals surface area contributed by atoms with E-state index in [1.54, 1.807) is 24.3 Å². The number of carbonyl (C=O) groups is 2. The van der Waals surface area contributed by atoms with Gasteiger partial charge in [-0.3, -0.25) is 25.8 Å². The van der Waals surface area contributed by atoms with Gasteiger partial charge in [-0.25, -0.2) is 0 Å². The van der Waals surface area contributed by atoms with E-state index >= 15 is 0 Å². The van der Waals surface area contributed by atoms with Crippen molar-refractivity contribution in [3.63, 3.8) is 0 Å². The molecule has 0 atom stereocenters. The number of hydrazine groups is 1. The van der Waals surface area contributed by atoms with Crippen LogP contribution in [-0.4, -0.2) is 30.1 Å². The van der Waals surface area contributed by atoms with Crippen LogP contribution in [-0.2, 0) is 4.79 Å². The van der Waals surface area contributed by atoms with Gasteiger partial charge < -0.3 is 9.47 Å². The third-order valence-corrected chi connectivity index (χ3v) is 4.20. The van der Waals surface area contributed by atoms with E-state index in [2.05, 4.69) is 23.1 Å². The molecule has 160 valence electrons. The van der Waals surface area contributed by atoms with Gasteiger partial charge in [-0.05, 0) is 67.9 Å². The summed E-state index contributed by atoms with van der Waals surface area (Å²) < 4.78 is 11.1. The van der Waals surface area contributed by atoms with Crippen molar-refractivity contribution in [2.45, 2.75) is 33.6 Å². The molecule has 3 N–H and O–H groups in total. The molecule has 0 radical (unpaired) electrons. The molecule has 0 spiro atoms. The lowest BCUT2D eigenvalue weighted by molar-refractivity contribution is -0.123. The summed E-state index contributed by atoms with van der Waals surface area (Å²) in [6, 6.07) is 12.6. The number of hydrogen-bond donors (Lipinski definition) is 3. The number of ether oxygens (including phenoxy) is 2. The average Bonchev–Trinajstić information content (AvgIpc) is 2.70. The second-order valence-electron chi connectivity index (χ2n) is 6.77. The molecule has 0 saturated carbocycles. The highest BCUT2D eigenvalue weighted by atomic mass is 32.1. The minimum absolute atomic E-state index is 0.0388. The summed E-state index contributed by atoms with van der Waals surface area (Å²) in [5.41, 5.74) is 7.35. The Morgan fingerprint density at radius 3 is 2.40 bits per heavy atom. The largest absolute Gasteiger partial charge is 0.493 e. The molecular formula is C22H27N3O4S. The minimum atomic E-state index is -0.436. The van der Waals surface area contributed by atoms with Gasteiger partial charge in [0.05, 0.1) is 12.2 Å². The van der Waals surface area contributed by atoms with E-state index in [4.69, 9.17) is 21.7 Å². The monoisotopic (exact) mass is 429 g/mol. The van der Waals surface area contributed by atoms with Crippen LogP contribution in [0.15, 0.2) is 42.5 Å². The van der Waals surface area contributed by atoms with E-state index in [0.29, 0.717) is 23.7 Å².